The van der Waals surface area contributed by atoms with Crippen LogP contribution in [0.2, 0.25) is 0 Å². The van der Waals surface area contributed by atoms with Crippen molar-refractivity contribution < 1.29 is 4.79 Å². The van der Waals surface area contributed by atoms with Gasteiger partial charge in [0.25, 0.3) is 0 Å². The van der Waals surface area contributed by atoms with Crippen molar-refractivity contribution in [2.24, 2.45) is 0 Å². The topological polar surface area (TPSA) is 17.1 Å². The summed E-state index contributed by atoms with van der Waals surface area (Å²) < 4.78 is 0.913. The molecule has 0 aromatic heterocycles. The van der Waals surface area contributed by atoms with Gasteiger partial charge >= 0.3 is 0 Å². The smallest absolute Gasteiger partial charge is 0.164 e. The van der Waals surface area contributed by atoms with Crippen molar-refractivity contribution in [1.82, 2.24) is 0 Å². The van der Waals surface area contributed by atoms with Gasteiger partial charge in [-0.15, -0.1) is 0 Å². The lowest BCUT2D eigenvalue weighted by molar-refractivity contribution is 0.0978. The van der Waals surface area contributed by atoms with E-state index in [0.29, 0.717) is 6.42 Å². The lowest BCUT2D eigenvalue weighted by Crippen LogP contribution is -1.99. The summed E-state index contributed by atoms with van der Waals surface area (Å²) in [7, 11) is 0. The van der Waals surface area contributed by atoms with E-state index in [9.17, 15) is 4.79 Å². The Labute approximate surface area is 113 Å². The van der Waals surface area contributed by atoms with Crippen LogP contribution in [0.15, 0.2) is 28.7 Å². The average Bonchev–Trinajstić information content (AvgIpc) is 2.34. The van der Waals surface area contributed by atoms with Crippen LogP contribution in [0.3, 0.4) is 0 Å². The lowest BCUT2D eigenvalue weighted by Gasteiger charge is -2.03. The van der Waals surface area contributed by atoms with Gasteiger partial charge in [0.15, 0.2) is 5.78 Å². The normalized spacial score (nSPS) is 10.5. The number of halogens is 1. The fourth-order valence-electron chi connectivity index (χ4n) is 1.89. The Balaban J connectivity index is 2.24. The minimum absolute atomic E-state index is 0.257. The molecule has 1 aromatic rings. The zero-order chi connectivity index (χ0) is 12.5. The fourth-order valence-corrected chi connectivity index (χ4v) is 2.39. The van der Waals surface area contributed by atoms with Gasteiger partial charge in [0.1, 0.15) is 0 Å². The van der Waals surface area contributed by atoms with Gasteiger partial charge in [-0.05, 0) is 12.5 Å². The van der Waals surface area contributed by atoms with E-state index in [1.54, 1.807) is 0 Å². The van der Waals surface area contributed by atoms with E-state index < -0.39 is 0 Å². The second-order valence-electron chi connectivity index (χ2n) is 4.42. The average molecular weight is 297 g/mol. The number of carbonyl (C=O) groups excluding carboxylic acids is 1. The predicted molar refractivity (Wildman–Crippen MR) is 76.5 cm³/mol. The predicted octanol–water partition coefficient (Wildman–Crippen LogP) is 5.38. The molecule has 0 saturated carbocycles. The van der Waals surface area contributed by atoms with Crippen LogP contribution in [-0.4, -0.2) is 5.78 Å². The zero-order valence-electron chi connectivity index (χ0n) is 10.5. The molecule has 2 heteroatoms. The maximum absolute atomic E-state index is 11.9. The second kappa shape index (κ2) is 8.46. The third-order valence-corrected chi connectivity index (χ3v) is 3.62. The molecule has 0 spiro atoms. The molecule has 0 bridgehead atoms. The lowest BCUT2D eigenvalue weighted by atomic mass is 10.0. The summed E-state index contributed by atoms with van der Waals surface area (Å²) in [5, 5.41) is 0. The number of carbonyl (C=O) groups is 1. The summed E-state index contributed by atoms with van der Waals surface area (Å²) in [4.78, 5) is 11.9. The van der Waals surface area contributed by atoms with Crippen molar-refractivity contribution in [3.63, 3.8) is 0 Å². The molecule has 0 fully saturated rings. The number of benzene rings is 1. The molecule has 0 N–H and O–H groups in total. The van der Waals surface area contributed by atoms with Crippen LogP contribution in [0.25, 0.3) is 0 Å². The van der Waals surface area contributed by atoms with Crippen LogP contribution in [0, 0.1) is 0 Å². The summed E-state index contributed by atoms with van der Waals surface area (Å²) in [5.41, 5.74) is 0.820. The molecule has 0 amide bonds. The van der Waals surface area contributed by atoms with Gasteiger partial charge in [0.2, 0.25) is 0 Å². The quantitative estimate of drug-likeness (QED) is 0.465. The van der Waals surface area contributed by atoms with Crippen molar-refractivity contribution >= 4 is 21.7 Å². The third-order valence-electron chi connectivity index (χ3n) is 2.93. The van der Waals surface area contributed by atoms with Crippen LogP contribution in [0.1, 0.15) is 62.2 Å². The van der Waals surface area contributed by atoms with E-state index in [1.165, 1.54) is 32.1 Å². The molecule has 1 nitrogen and oxygen atoms in total. The highest BCUT2D eigenvalue weighted by Gasteiger charge is 2.08. The van der Waals surface area contributed by atoms with Gasteiger partial charge < -0.3 is 0 Å². The van der Waals surface area contributed by atoms with E-state index >= 15 is 0 Å². The van der Waals surface area contributed by atoms with Gasteiger partial charge in [0.05, 0.1) is 0 Å². The summed E-state index contributed by atoms with van der Waals surface area (Å²) in [6, 6.07) is 7.67. The van der Waals surface area contributed by atoms with Crippen molar-refractivity contribution in [3.8, 4) is 0 Å². The summed E-state index contributed by atoms with van der Waals surface area (Å²) in [5.74, 6) is 0.257. The molecule has 17 heavy (non-hydrogen) atoms. The van der Waals surface area contributed by atoms with Gasteiger partial charge in [-0.1, -0.05) is 73.2 Å². The summed E-state index contributed by atoms with van der Waals surface area (Å²) >= 11 is 3.42. The fraction of sp³-hybridized carbons (Fsp3) is 0.533. The Hall–Kier alpha value is -0.630. The molecular weight excluding hydrogens is 276 g/mol. The first-order valence-corrected chi connectivity index (χ1v) is 7.32. The number of rotatable bonds is 8. The number of hydrogen-bond donors (Lipinski definition) is 0. The standard InChI is InChI=1S/C15H21BrO/c1-2-3-4-5-6-7-12-15(17)13-10-8-9-11-14(13)16/h8-11H,2-7,12H2,1H3. The van der Waals surface area contributed by atoms with Crippen molar-refractivity contribution in [1.29, 1.82) is 0 Å². The van der Waals surface area contributed by atoms with E-state index in [0.717, 1.165) is 16.5 Å². The Bertz CT molecular complexity index is 347. The molecule has 0 aliphatic carbocycles. The highest BCUT2D eigenvalue weighted by Crippen LogP contribution is 2.19. The summed E-state index contributed by atoms with van der Waals surface area (Å²) in [6.07, 6.45) is 8.03. The molecule has 0 atom stereocenters. The zero-order valence-corrected chi connectivity index (χ0v) is 12.1. The molecule has 0 heterocycles. The molecule has 1 rings (SSSR count). The van der Waals surface area contributed by atoms with Gasteiger partial charge in [0, 0.05) is 16.5 Å². The van der Waals surface area contributed by atoms with E-state index in [4.69, 9.17) is 0 Å². The van der Waals surface area contributed by atoms with Crippen LogP contribution in [0.5, 0.6) is 0 Å². The maximum Gasteiger partial charge on any atom is 0.164 e. The molecule has 0 aliphatic heterocycles. The Morgan fingerprint density at radius 2 is 1.71 bits per heavy atom. The SMILES string of the molecule is CCCCCCCCC(=O)c1ccccc1Br. The second-order valence-corrected chi connectivity index (χ2v) is 5.28. The van der Waals surface area contributed by atoms with Crippen molar-refractivity contribution in [2.45, 2.75) is 51.9 Å². The van der Waals surface area contributed by atoms with E-state index in [-0.39, 0.29) is 5.78 Å². The molecular formula is C15H21BrO. The van der Waals surface area contributed by atoms with Crippen LogP contribution >= 0.6 is 15.9 Å². The number of unbranched alkanes of at least 4 members (excludes halogenated alkanes) is 5. The van der Waals surface area contributed by atoms with E-state index in [2.05, 4.69) is 22.9 Å². The third kappa shape index (κ3) is 5.49. The molecule has 1 aromatic carbocycles. The molecule has 0 radical (unpaired) electrons. The Morgan fingerprint density at radius 3 is 2.41 bits per heavy atom. The Morgan fingerprint density at radius 1 is 1.06 bits per heavy atom. The molecule has 0 saturated heterocycles. The Kier molecular flexibility index (Phi) is 7.18. The first-order chi connectivity index (χ1) is 8.25. The van der Waals surface area contributed by atoms with Crippen LogP contribution in [-0.2, 0) is 0 Å². The monoisotopic (exact) mass is 296 g/mol. The van der Waals surface area contributed by atoms with Crippen molar-refractivity contribution in [3.05, 3.63) is 34.3 Å². The first-order valence-electron chi connectivity index (χ1n) is 6.53. The van der Waals surface area contributed by atoms with Gasteiger partial charge in [-0.2, -0.15) is 0 Å². The maximum atomic E-state index is 11.9. The van der Waals surface area contributed by atoms with Gasteiger partial charge in [-0.25, -0.2) is 0 Å². The van der Waals surface area contributed by atoms with Gasteiger partial charge in [-0.3, -0.25) is 4.79 Å². The highest BCUT2D eigenvalue weighted by molar-refractivity contribution is 9.10. The van der Waals surface area contributed by atoms with E-state index in [1.807, 2.05) is 24.3 Å². The molecule has 0 aliphatic rings. The minimum Gasteiger partial charge on any atom is -0.294 e. The number of hydrogen-bond acceptors (Lipinski definition) is 1. The first kappa shape index (κ1) is 14.4. The van der Waals surface area contributed by atoms with Crippen LogP contribution < -0.4 is 0 Å². The largest absolute Gasteiger partial charge is 0.294 e. The summed E-state index contributed by atoms with van der Waals surface area (Å²) in [6.45, 7) is 2.22. The molecule has 94 valence electrons. The van der Waals surface area contributed by atoms with Crippen LogP contribution in [0.4, 0.5) is 0 Å². The minimum atomic E-state index is 0.257. The number of ketones is 1. The van der Waals surface area contributed by atoms with Crippen molar-refractivity contribution in [2.75, 3.05) is 0 Å². The number of Topliss-reactive ketones (excluding diaryl/α,β-unsaturated/α-hetero) is 1. The highest BCUT2D eigenvalue weighted by atomic mass is 79.9. The molecule has 0 unspecified atom stereocenters.